The van der Waals surface area contributed by atoms with Crippen LogP contribution in [0, 0.1) is 0 Å². The Kier molecular flexibility index (Phi) is 7.51. The van der Waals surface area contributed by atoms with Crippen molar-refractivity contribution in [3.63, 3.8) is 0 Å². The molecule has 0 saturated carbocycles. The molecule has 3 atom stereocenters. The molecule has 0 aromatic carbocycles. The highest BCUT2D eigenvalue weighted by Crippen LogP contribution is 2.09. The maximum absolute atomic E-state index is 11.7. The van der Waals surface area contributed by atoms with Gasteiger partial charge in [0.1, 0.15) is 0 Å². The number of ether oxygens (including phenoxy) is 1. The van der Waals surface area contributed by atoms with Gasteiger partial charge in [0.25, 0.3) is 0 Å². The Morgan fingerprint density at radius 1 is 1.31 bits per heavy atom. The summed E-state index contributed by atoms with van der Waals surface area (Å²) in [6, 6.07) is 0. The molecule has 0 aliphatic carbocycles. The number of hydrogen-bond donors (Lipinski definition) is 1. The number of methoxy groups -OCH3 is 1. The second-order valence-corrected chi connectivity index (χ2v) is 5.58. The standard InChI is InChI=1S/C9H21NO2S/c1-8(4-6-10)13(11)9(2)5-7-12-3/h8-9H,4-7,10H2,1-3H3. The minimum Gasteiger partial charge on any atom is -0.385 e. The SMILES string of the molecule is COCCC(C)S(=O)C(C)CCN. The molecule has 0 heterocycles. The quantitative estimate of drug-likeness (QED) is 0.675. The summed E-state index contributed by atoms with van der Waals surface area (Å²) >= 11 is 0. The zero-order valence-corrected chi connectivity index (χ0v) is 9.60. The second-order valence-electron chi connectivity index (χ2n) is 3.31. The minimum absolute atomic E-state index is 0.205. The lowest BCUT2D eigenvalue weighted by Crippen LogP contribution is -2.24. The predicted octanol–water partition coefficient (Wildman–Crippen LogP) is 0.897. The summed E-state index contributed by atoms with van der Waals surface area (Å²) in [6.45, 7) is 5.29. The third-order valence-corrected chi connectivity index (χ3v) is 4.15. The molecule has 0 bridgehead atoms. The van der Waals surface area contributed by atoms with E-state index in [0.717, 1.165) is 12.8 Å². The smallest absolute Gasteiger partial charge is 0.0473 e. The average Bonchev–Trinajstić information content (AvgIpc) is 2.13. The maximum atomic E-state index is 11.7. The van der Waals surface area contributed by atoms with Gasteiger partial charge >= 0.3 is 0 Å². The lowest BCUT2D eigenvalue weighted by molar-refractivity contribution is 0.195. The largest absolute Gasteiger partial charge is 0.385 e. The Bertz CT molecular complexity index is 153. The highest BCUT2D eigenvalue weighted by Gasteiger charge is 2.16. The normalized spacial score (nSPS) is 18.2. The van der Waals surface area contributed by atoms with Crippen LogP contribution in [0.2, 0.25) is 0 Å². The van der Waals surface area contributed by atoms with Gasteiger partial charge in [-0.1, -0.05) is 13.8 Å². The van der Waals surface area contributed by atoms with E-state index in [1.54, 1.807) is 7.11 Å². The first kappa shape index (κ1) is 13.1. The zero-order valence-electron chi connectivity index (χ0n) is 8.79. The molecule has 0 radical (unpaired) electrons. The topological polar surface area (TPSA) is 52.3 Å². The summed E-state index contributed by atoms with van der Waals surface area (Å²) in [5, 5.41) is 0.415. The molecule has 0 aliphatic heterocycles. The van der Waals surface area contributed by atoms with Crippen LogP contribution in [0.4, 0.5) is 0 Å². The average molecular weight is 207 g/mol. The number of hydrogen-bond acceptors (Lipinski definition) is 3. The molecule has 0 rings (SSSR count). The third-order valence-electron chi connectivity index (χ3n) is 2.09. The van der Waals surface area contributed by atoms with Crippen LogP contribution in [0.25, 0.3) is 0 Å². The molecule has 0 amide bonds. The summed E-state index contributed by atoms with van der Waals surface area (Å²) < 4.78 is 16.7. The molecule has 0 spiro atoms. The van der Waals surface area contributed by atoms with Crippen LogP contribution in [0.5, 0.6) is 0 Å². The highest BCUT2D eigenvalue weighted by molar-refractivity contribution is 7.86. The highest BCUT2D eigenvalue weighted by atomic mass is 32.2. The van der Waals surface area contributed by atoms with E-state index in [4.69, 9.17) is 10.5 Å². The van der Waals surface area contributed by atoms with Gasteiger partial charge in [-0.3, -0.25) is 4.21 Å². The first-order chi connectivity index (χ1) is 6.13. The van der Waals surface area contributed by atoms with Gasteiger partial charge in [0.05, 0.1) is 0 Å². The van der Waals surface area contributed by atoms with Gasteiger partial charge < -0.3 is 10.5 Å². The van der Waals surface area contributed by atoms with Gasteiger partial charge in [0, 0.05) is 35.0 Å². The number of rotatable bonds is 7. The fourth-order valence-corrected chi connectivity index (χ4v) is 2.64. The summed E-state index contributed by atoms with van der Waals surface area (Å²) in [5.41, 5.74) is 5.41. The van der Waals surface area contributed by atoms with Crippen LogP contribution in [-0.4, -0.2) is 35.0 Å². The first-order valence-corrected chi connectivity index (χ1v) is 5.99. The summed E-state index contributed by atoms with van der Waals surface area (Å²) in [4.78, 5) is 0. The summed E-state index contributed by atoms with van der Waals surface area (Å²) in [7, 11) is 0.895. The predicted molar refractivity (Wildman–Crippen MR) is 57.2 cm³/mol. The summed E-state index contributed by atoms with van der Waals surface area (Å²) in [6.07, 6.45) is 1.70. The third kappa shape index (κ3) is 5.39. The maximum Gasteiger partial charge on any atom is 0.0473 e. The lowest BCUT2D eigenvalue weighted by atomic mass is 10.3. The molecule has 2 N–H and O–H groups in total. The van der Waals surface area contributed by atoms with Gasteiger partial charge in [-0.2, -0.15) is 0 Å². The van der Waals surface area contributed by atoms with Crippen molar-refractivity contribution in [2.75, 3.05) is 20.3 Å². The van der Waals surface area contributed by atoms with Crippen LogP contribution >= 0.6 is 0 Å². The molecular weight excluding hydrogens is 186 g/mol. The Balaban J connectivity index is 3.79. The molecule has 80 valence electrons. The number of nitrogens with two attached hydrogens (primary N) is 1. The Labute approximate surface area is 83.5 Å². The fourth-order valence-electron chi connectivity index (χ4n) is 1.15. The van der Waals surface area contributed by atoms with Crippen molar-refractivity contribution in [3.8, 4) is 0 Å². The van der Waals surface area contributed by atoms with Gasteiger partial charge in [-0.05, 0) is 19.4 Å². The molecule has 13 heavy (non-hydrogen) atoms. The Morgan fingerprint density at radius 3 is 2.31 bits per heavy atom. The molecule has 0 aromatic heterocycles. The molecule has 3 nitrogen and oxygen atoms in total. The van der Waals surface area contributed by atoms with E-state index >= 15 is 0 Å². The van der Waals surface area contributed by atoms with Gasteiger partial charge in [0.15, 0.2) is 0 Å². The van der Waals surface area contributed by atoms with E-state index in [0.29, 0.717) is 13.2 Å². The van der Waals surface area contributed by atoms with Crippen LogP contribution in [0.1, 0.15) is 26.7 Å². The first-order valence-electron chi connectivity index (χ1n) is 4.71. The molecule has 0 fully saturated rings. The van der Waals surface area contributed by atoms with Crippen molar-refractivity contribution >= 4 is 10.8 Å². The van der Waals surface area contributed by atoms with Crippen molar-refractivity contribution in [2.45, 2.75) is 37.2 Å². The van der Waals surface area contributed by atoms with Crippen LogP contribution in [-0.2, 0) is 15.5 Å². The molecule has 0 aromatic rings. The summed E-state index contributed by atoms with van der Waals surface area (Å²) in [5.74, 6) is 0. The van der Waals surface area contributed by atoms with Crippen molar-refractivity contribution in [1.29, 1.82) is 0 Å². The second kappa shape index (κ2) is 7.47. The van der Waals surface area contributed by atoms with Crippen molar-refractivity contribution < 1.29 is 8.95 Å². The molecule has 0 saturated heterocycles. The van der Waals surface area contributed by atoms with Crippen molar-refractivity contribution in [3.05, 3.63) is 0 Å². The van der Waals surface area contributed by atoms with Crippen LogP contribution in [0.15, 0.2) is 0 Å². The molecule has 4 heteroatoms. The minimum atomic E-state index is -0.771. The van der Waals surface area contributed by atoms with Crippen LogP contribution in [0.3, 0.4) is 0 Å². The van der Waals surface area contributed by atoms with E-state index in [1.807, 2.05) is 13.8 Å². The fraction of sp³-hybridized carbons (Fsp3) is 1.00. The molecular formula is C9H21NO2S. The lowest BCUT2D eigenvalue weighted by Gasteiger charge is -2.16. The van der Waals surface area contributed by atoms with E-state index in [2.05, 4.69) is 0 Å². The Morgan fingerprint density at radius 2 is 1.85 bits per heavy atom. The van der Waals surface area contributed by atoms with Gasteiger partial charge in [-0.15, -0.1) is 0 Å². The molecule has 0 aliphatic rings. The van der Waals surface area contributed by atoms with E-state index in [-0.39, 0.29) is 10.5 Å². The van der Waals surface area contributed by atoms with Gasteiger partial charge in [0.2, 0.25) is 0 Å². The molecule has 3 unspecified atom stereocenters. The van der Waals surface area contributed by atoms with E-state index < -0.39 is 10.8 Å². The monoisotopic (exact) mass is 207 g/mol. The van der Waals surface area contributed by atoms with Crippen LogP contribution < -0.4 is 5.73 Å². The van der Waals surface area contributed by atoms with Crippen molar-refractivity contribution in [2.24, 2.45) is 5.73 Å². The van der Waals surface area contributed by atoms with Crippen molar-refractivity contribution in [1.82, 2.24) is 0 Å². The van der Waals surface area contributed by atoms with E-state index in [1.165, 1.54) is 0 Å². The van der Waals surface area contributed by atoms with E-state index in [9.17, 15) is 4.21 Å². The van der Waals surface area contributed by atoms with Gasteiger partial charge in [-0.25, -0.2) is 0 Å². The zero-order chi connectivity index (χ0) is 10.3. The Hall–Kier alpha value is 0.0700.